The van der Waals surface area contributed by atoms with Gasteiger partial charge in [0.05, 0.1) is 4.90 Å². The summed E-state index contributed by atoms with van der Waals surface area (Å²) in [6.07, 6.45) is 0. The van der Waals surface area contributed by atoms with E-state index in [0.29, 0.717) is 11.3 Å². The van der Waals surface area contributed by atoms with Gasteiger partial charge in [0.1, 0.15) is 5.82 Å². The van der Waals surface area contributed by atoms with E-state index < -0.39 is 21.7 Å². The molecule has 2 rings (SSSR count). The molecular weight excluding hydrogens is 343 g/mol. The number of halogens is 1. The van der Waals surface area contributed by atoms with Gasteiger partial charge >= 0.3 is 0 Å². The molecule has 0 aliphatic rings. The molecule has 0 aliphatic carbocycles. The van der Waals surface area contributed by atoms with E-state index in [2.05, 4.69) is 5.32 Å². The Bertz CT molecular complexity index is 878. The van der Waals surface area contributed by atoms with Crippen molar-refractivity contribution in [3.8, 4) is 0 Å². The number of sulfonamides is 1. The first-order chi connectivity index (χ1) is 11.6. The van der Waals surface area contributed by atoms with Gasteiger partial charge in [-0.1, -0.05) is 6.07 Å². The maximum Gasteiger partial charge on any atom is 0.255 e. The number of nitrogens with zero attached hydrogens (tertiary/aromatic N) is 1. The number of anilines is 1. The minimum absolute atomic E-state index is 0.113. The molecule has 0 heterocycles. The molecule has 0 saturated carbocycles. The van der Waals surface area contributed by atoms with Crippen LogP contribution in [0.25, 0.3) is 0 Å². The first kappa shape index (κ1) is 19.1. The summed E-state index contributed by atoms with van der Waals surface area (Å²) in [4.78, 5) is 12.3. The molecule has 1 amide bonds. The molecule has 0 unspecified atom stereocenters. The molecule has 0 spiro atoms. The number of aryl methyl sites for hydroxylation is 1. The first-order valence-corrected chi connectivity index (χ1v) is 9.22. The standard InChI is InChI=1S/C18H21FN2O3S/c1-12(2)21(4)25(23,24)16-9-6-14(7-10-16)18(22)20-15-8-5-13(3)17(19)11-15/h5-12H,1-4H3,(H,20,22). The van der Waals surface area contributed by atoms with Crippen LogP contribution < -0.4 is 5.32 Å². The molecule has 25 heavy (non-hydrogen) atoms. The molecule has 0 fully saturated rings. The van der Waals surface area contributed by atoms with Crippen molar-refractivity contribution in [2.75, 3.05) is 12.4 Å². The highest BCUT2D eigenvalue weighted by atomic mass is 32.2. The van der Waals surface area contributed by atoms with Gasteiger partial charge in [-0.15, -0.1) is 0 Å². The van der Waals surface area contributed by atoms with E-state index in [1.165, 1.54) is 41.7 Å². The summed E-state index contributed by atoms with van der Waals surface area (Å²) in [5, 5.41) is 2.59. The number of carbonyl (C=O) groups is 1. The highest BCUT2D eigenvalue weighted by molar-refractivity contribution is 7.89. The lowest BCUT2D eigenvalue weighted by Gasteiger charge is -2.21. The van der Waals surface area contributed by atoms with Crippen LogP contribution >= 0.6 is 0 Å². The molecule has 0 aromatic heterocycles. The summed E-state index contributed by atoms with van der Waals surface area (Å²) in [5.74, 6) is -0.847. The van der Waals surface area contributed by atoms with Crippen LogP contribution in [0, 0.1) is 12.7 Å². The van der Waals surface area contributed by atoms with Gasteiger partial charge in [-0.25, -0.2) is 12.8 Å². The second-order valence-corrected chi connectivity index (χ2v) is 8.05. The van der Waals surface area contributed by atoms with Crippen molar-refractivity contribution in [3.05, 3.63) is 59.4 Å². The number of benzene rings is 2. The molecule has 0 radical (unpaired) electrons. The minimum Gasteiger partial charge on any atom is -0.322 e. The first-order valence-electron chi connectivity index (χ1n) is 7.78. The third-order valence-electron chi connectivity index (χ3n) is 3.95. The molecule has 2 aromatic carbocycles. The predicted molar refractivity (Wildman–Crippen MR) is 95.6 cm³/mol. The average molecular weight is 364 g/mol. The molecule has 0 saturated heterocycles. The van der Waals surface area contributed by atoms with E-state index in [4.69, 9.17) is 0 Å². The molecule has 7 heteroatoms. The number of hydrogen-bond acceptors (Lipinski definition) is 3. The summed E-state index contributed by atoms with van der Waals surface area (Å²) in [5.41, 5.74) is 1.11. The van der Waals surface area contributed by atoms with Crippen LogP contribution in [0.5, 0.6) is 0 Å². The van der Waals surface area contributed by atoms with Gasteiger partial charge in [0.15, 0.2) is 0 Å². The van der Waals surface area contributed by atoms with Gasteiger partial charge in [-0.2, -0.15) is 4.31 Å². The van der Waals surface area contributed by atoms with E-state index in [1.807, 2.05) is 0 Å². The average Bonchev–Trinajstić information content (AvgIpc) is 2.57. The Morgan fingerprint density at radius 2 is 1.72 bits per heavy atom. The van der Waals surface area contributed by atoms with Crippen LogP contribution in [-0.2, 0) is 10.0 Å². The monoisotopic (exact) mass is 364 g/mol. The Kier molecular flexibility index (Phi) is 5.59. The van der Waals surface area contributed by atoms with E-state index >= 15 is 0 Å². The topological polar surface area (TPSA) is 66.5 Å². The molecule has 134 valence electrons. The second kappa shape index (κ2) is 7.33. The van der Waals surface area contributed by atoms with Gasteiger partial charge in [0.2, 0.25) is 10.0 Å². The van der Waals surface area contributed by atoms with Crippen LogP contribution in [0.4, 0.5) is 10.1 Å². The third-order valence-corrected chi connectivity index (χ3v) is 6.00. The fourth-order valence-corrected chi connectivity index (χ4v) is 3.46. The van der Waals surface area contributed by atoms with Crippen molar-refractivity contribution >= 4 is 21.6 Å². The quantitative estimate of drug-likeness (QED) is 0.884. The van der Waals surface area contributed by atoms with E-state index in [9.17, 15) is 17.6 Å². The van der Waals surface area contributed by atoms with Crippen molar-refractivity contribution in [1.29, 1.82) is 0 Å². The molecule has 1 N–H and O–H groups in total. The molecule has 2 aromatic rings. The summed E-state index contributed by atoms with van der Waals surface area (Å²) < 4.78 is 39.6. The van der Waals surface area contributed by atoms with Crippen LogP contribution in [0.3, 0.4) is 0 Å². The normalized spacial score (nSPS) is 11.8. The lowest BCUT2D eigenvalue weighted by atomic mass is 10.2. The second-order valence-electron chi connectivity index (χ2n) is 6.06. The van der Waals surface area contributed by atoms with Crippen molar-refractivity contribution in [2.24, 2.45) is 0 Å². The summed E-state index contributed by atoms with van der Waals surface area (Å²) in [7, 11) is -2.09. The largest absolute Gasteiger partial charge is 0.322 e. The lowest BCUT2D eigenvalue weighted by molar-refractivity contribution is 0.102. The molecular formula is C18H21FN2O3S. The predicted octanol–water partition coefficient (Wildman–Crippen LogP) is 3.42. The Hall–Kier alpha value is -2.25. The summed E-state index contributed by atoms with van der Waals surface area (Å²) in [6.45, 7) is 5.19. The Labute approximate surface area is 147 Å². The summed E-state index contributed by atoms with van der Waals surface area (Å²) in [6, 6.07) is 9.88. The SMILES string of the molecule is Cc1ccc(NC(=O)c2ccc(S(=O)(=O)N(C)C(C)C)cc2)cc1F. The zero-order chi connectivity index (χ0) is 18.8. The van der Waals surface area contributed by atoms with Crippen LogP contribution in [0.15, 0.2) is 47.4 Å². The van der Waals surface area contributed by atoms with Gasteiger partial charge in [-0.05, 0) is 62.7 Å². The Balaban J connectivity index is 2.19. The molecule has 0 aliphatic heterocycles. The maximum atomic E-state index is 13.5. The fraction of sp³-hybridized carbons (Fsp3) is 0.278. The lowest BCUT2D eigenvalue weighted by Crippen LogP contribution is -2.33. The molecule has 0 bridgehead atoms. The van der Waals surface area contributed by atoms with E-state index in [1.54, 1.807) is 32.9 Å². The van der Waals surface area contributed by atoms with Crippen LogP contribution in [0.2, 0.25) is 0 Å². The van der Waals surface area contributed by atoms with Gasteiger partial charge < -0.3 is 5.32 Å². The van der Waals surface area contributed by atoms with Crippen LogP contribution in [0.1, 0.15) is 29.8 Å². The third kappa shape index (κ3) is 4.24. The van der Waals surface area contributed by atoms with Crippen molar-refractivity contribution in [1.82, 2.24) is 4.31 Å². The minimum atomic E-state index is -3.60. The van der Waals surface area contributed by atoms with Gasteiger partial charge in [0.25, 0.3) is 5.91 Å². The zero-order valence-corrected chi connectivity index (χ0v) is 15.4. The number of carbonyl (C=O) groups excluding carboxylic acids is 1. The van der Waals surface area contributed by atoms with Gasteiger partial charge in [0, 0.05) is 24.3 Å². The van der Waals surface area contributed by atoms with Gasteiger partial charge in [-0.3, -0.25) is 4.79 Å². The number of hydrogen-bond donors (Lipinski definition) is 1. The number of amides is 1. The van der Waals surface area contributed by atoms with E-state index in [0.717, 1.165) is 0 Å². The van der Waals surface area contributed by atoms with E-state index in [-0.39, 0.29) is 16.5 Å². The molecule has 0 atom stereocenters. The maximum absolute atomic E-state index is 13.5. The van der Waals surface area contributed by atoms with Crippen molar-refractivity contribution in [3.63, 3.8) is 0 Å². The number of rotatable bonds is 5. The zero-order valence-electron chi connectivity index (χ0n) is 14.6. The van der Waals surface area contributed by atoms with Crippen molar-refractivity contribution in [2.45, 2.75) is 31.7 Å². The molecule has 5 nitrogen and oxygen atoms in total. The Morgan fingerprint density at radius 1 is 1.12 bits per heavy atom. The highest BCUT2D eigenvalue weighted by Crippen LogP contribution is 2.19. The fourth-order valence-electron chi connectivity index (χ4n) is 2.10. The Morgan fingerprint density at radius 3 is 2.24 bits per heavy atom. The van der Waals surface area contributed by atoms with Crippen molar-refractivity contribution < 1.29 is 17.6 Å². The summed E-state index contributed by atoms with van der Waals surface area (Å²) >= 11 is 0. The smallest absolute Gasteiger partial charge is 0.255 e. The highest BCUT2D eigenvalue weighted by Gasteiger charge is 2.23. The number of nitrogens with one attached hydrogen (secondary N) is 1. The van der Waals surface area contributed by atoms with Crippen LogP contribution in [-0.4, -0.2) is 31.7 Å².